The van der Waals surface area contributed by atoms with E-state index in [2.05, 4.69) is 25.7 Å². The smallest absolute Gasteiger partial charge is 0.295 e. The Bertz CT molecular complexity index is 1200. The van der Waals surface area contributed by atoms with Crippen LogP contribution in [0.25, 0.3) is 5.76 Å². The van der Waals surface area contributed by atoms with Crippen LogP contribution < -0.4 is 14.2 Å². The quantitative estimate of drug-likeness (QED) is 0.131. The summed E-state index contributed by atoms with van der Waals surface area (Å²) in [4.78, 5) is 30.7. The van der Waals surface area contributed by atoms with Crippen LogP contribution in [0.2, 0.25) is 0 Å². The van der Waals surface area contributed by atoms with E-state index >= 15 is 0 Å². The van der Waals surface area contributed by atoms with Crippen LogP contribution in [-0.2, 0) is 9.59 Å². The molecule has 8 heteroatoms. The van der Waals surface area contributed by atoms with Crippen LogP contribution in [-0.4, -0.2) is 73.1 Å². The molecule has 0 saturated carbocycles. The molecule has 3 rings (SSSR count). The van der Waals surface area contributed by atoms with Gasteiger partial charge in [-0.05, 0) is 74.3 Å². The molecule has 1 fully saturated rings. The monoisotopic (exact) mass is 552 g/mol. The maximum Gasteiger partial charge on any atom is 0.295 e. The van der Waals surface area contributed by atoms with Crippen molar-refractivity contribution in [3.63, 3.8) is 0 Å². The number of hydrogen-bond donors (Lipinski definition) is 1. The summed E-state index contributed by atoms with van der Waals surface area (Å²) in [6.07, 6.45) is 2.80. The highest BCUT2D eigenvalue weighted by Crippen LogP contribution is 2.42. The van der Waals surface area contributed by atoms with E-state index in [0.29, 0.717) is 54.7 Å². The Morgan fingerprint density at radius 3 is 2.33 bits per heavy atom. The van der Waals surface area contributed by atoms with Gasteiger partial charge in [0, 0.05) is 18.7 Å². The number of rotatable bonds is 15. The highest BCUT2D eigenvalue weighted by Gasteiger charge is 2.46. The molecule has 0 aromatic heterocycles. The first kappa shape index (κ1) is 31.0. The van der Waals surface area contributed by atoms with E-state index in [9.17, 15) is 14.7 Å². The van der Waals surface area contributed by atoms with E-state index < -0.39 is 17.7 Å². The van der Waals surface area contributed by atoms with Crippen molar-refractivity contribution in [2.45, 2.75) is 59.9 Å². The van der Waals surface area contributed by atoms with Crippen molar-refractivity contribution < 1.29 is 28.9 Å². The van der Waals surface area contributed by atoms with Crippen molar-refractivity contribution in [3.05, 3.63) is 58.7 Å². The third-order valence-electron chi connectivity index (χ3n) is 7.28. The highest BCUT2D eigenvalue weighted by atomic mass is 16.5. The Morgan fingerprint density at radius 2 is 1.70 bits per heavy atom. The Hall–Kier alpha value is -3.52. The average Bonchev–Trinajstić information content (AvgIpc) is 3.21. The minimum Gasteiger partial charge on any atom is -0.507 e. The first-order valence-corrected chi connectivity index (χ1v) is 14.4. The largest absolute Gasteiger partial charge is 0.507 e. The normalized spacial score (nSPS) is 16.6. The SMILES string of the molecule is CCCCOc1ccc(C2C(=C(O)c3ccc(OCCC)cc3C)C(=O)C(=O)N2CCN(CC)CC)cc1OC. The van der Waals surface area contributed by atoms with Crippen molar-refractivity contribution >= 4 is 17.4 Å². The van der Waals surface area contributed by atoms with Gasteiger partial charge in [-0.1, -0.05) is 40.2 Å². The molecule has 8 nitrogen and oxygen atoms in total. The average molecular weight is 553 g/mol. The number of aliphatic hydroxyl groups is 1. The number of aryl methyl sites for hydroxylation is 1. The lowest BCUT2D eigenvalue weighted by Gasteiger charge is -2.28. The van der Waals surface area contributed by atoms with Crippen molar-refractivity contribution in [2.75, 3.05) is 46.5 Å². The fourth-order valence-corrected chi connectivity index (χ4v) is 4.90. The molecule has 1 heterocycles. The molecular formula is C32H44N2O6. The number of likely N-dealkylation sites (tertiary alicyclic amines) is 1. The van der Waals surface area contributed by atoms with Gasteiger partial charge in [-0.25, -0.2) is 0 Å². The summed E-state index contributed by atoms with van der Waals surface area (Å²) in [7, 11) is 1.56. The van der Waals surface area contributed by atoms with Crippen LogP contribution >= 0.6 is 0 Å². The van der Waals surface area contributed by atoms with Gasteiger partial charge in [0.2, 0.25) is 0 Å². The predicted octanol–water partition coefficient (Wildman–Crippen LogP) is 5.73. The van der Waals surface area contributed by atoms with Gasteiger partial charge in [0.1, 0.15) is 11.5 Å². The van der Waals surface area contributed by atoms with Crippen LogP contribution in [0.1, 0.15) is 69.7 Å². The summed E-state index contributed by atoms with van der Waals surface area (Å²) in [5, 5.41) is 11.6. The van der Waals surface area contributed by atoms with Crippen LogP contribution in [0, 0.1) is 6.92 Å². The number of methoxy groups -OCH3 is 1. The molecule has 2 aromatic carbocycles. The molecule has 1 aliphatic rings. The molecule has 0 aliphatic carbocycles. The van der Waals surface area contributed by atoms with E-state index in [4.69, 9.17) is 14.2 Å². The van der Waals surface area contributed by atoms with Crippen LogP contribution in [0.3, 0.4) is 0 Å². The number of ketones is 1. The number of benzene rings is 2. The first-order valence-electron chi connectivity index (χ1n) is 14.4. The van der Waals surface area contributed by atoms with Gasteiger partial charge >= 0.3 is 0 Å². The standard InChI is InChI=1S/C32H44N2O6/c1-7-11-19-40-26-15-12-23(21-27(26)38-6)29-28(31(36)32(37)34(29)17-16-33(9-3)10-4)30(35)25-14-13-24(20-22(25)5)39-18-8-2/h12-15,20-21,29,35H,7-11,16-19H2,1-6H3. The molecular weight excluding hydrogens is 508 g/mol. The lowest BCUT2D eigenvalue weighted by Crippen LogP contribution is -2.38. The fraction of sp³-hybridized carbons (Fsp3) is 0.500. The van der Waals surface area contributed by atoms with Gasteiger partial charge in [0.05, 0.1) is 31.9 Å². The van der Waals surface area contributed by atoms with Crippen molar-refractivity contribution in [1.82, 2.24) is 9.80 Å². The summed E-state index contributed by atoms with van der Waals surface area (Å²) in [6.45, 7) is 13.9. The van der Waals surface area contributed by atoms with Crippen LogP contribution in [0.15, 0.2) is 42.0 Å². The summed E-state index contributed by atoms with van der Waals surface area (Å²) in [6, 6.07) is 10.0. The second-order valence-electron chi connectivity index (χ2n) is 9.96. The van der Waals surface area contributed by atoms with Gasteiger partial charge in [-0.3, -0.25) is 9.59 Å². The lowest BCUT2D eigenvalue weighted by molar-refractivity contribution is -0.140. The molecule has 1 atom stereocenters. The topological polar surface area (TPSA) is 88.5 Å². The summed E-state index contributed by atoms with van der Waals surface area (Å²) in [5.74, 6) is 0.275. The minimum absolute atomic E-state index is 0.0663. The Morgan fingerprint density at radius 1 is 0.950 bits per heavy atom. The summed E-state index contributed by atoms with van der Waals surface area (Å²) >= 11 is 0. The third kappa shape index (κ3) is 6.97. The molecule has 1 N–H and O–H groups in total. The number of carbonyl (C=O) groups excluding carboxylic acids is 2. The molecule has 2 aromatic rings. The number of ether oxygens (including phenoxy) is 3. The predicted molar refractivity (Wildman–Crippen MR) is 157 cm³/mol. The number of Topliss-reactive ketones (excluding diaryl/α,β-unsaturated/α-hetero) is 1. The molecule has 1 aliphatic heterocycles. The highest BCUT2D eigenvalue weighted by molar-refractivity contribution is 6.46. The minimum atomic E-state index is -0.774. The summed E-state index contributed by atoms with van der Waals surface area (Å²) < 4.78 is 17.3. The molecule has 218 valence electrons. The Balaban J connectivity index is 2.11. The number of unbranched alkanes of at least 4 members (excludes halogenated alkanes) is 1. The van der Waals surface area contributed by atoms with Gasteiger partial charge in [-0.15, -0.1) is 0 Å². The van der Waals surface area contributed by atoms with Crippen LogP contribution in [0.5, 0.6) is 17.2 Å². The molecule has 0 spiro atoms. The van der Waals surface area contributed by atoms with Gasteiger partial charge < -0.3 is 29.1 Å². The van der Waals surface area contributed by atoms with Gasteiger partial charge in [0.15, 0.2) is 11.5 Å². The number of amides is 1. The van der Waals surface area contributed by atoms with E-state index in [1.807, 2.05) is 26.0 Å². The maximum absolute atomic E-state index is 13.5. The Kier molecular flexibility index (Phi) is 11.4. The second-order valence-corrected chi connectivity index (χ2v) is 9.96. The van der Waals surface area contributed by atoms with E-state index in [0.717, 1.165) is 37.9 Å². The first-order chi connectivity index (χ1) is 19.3. The molecule has 0 radical (unpaired) electrons. The molecule has 1 unspecified atom stereocenters. The second kappa shape index (κ2) is 14.7. The molecule has 40 heavy (non-hydrogen) atoms. The zero-order valence-electron chi connectivity index (χ0n) is 24.8. The summed E-state index contributed by atoms with van der Waals surface area (Å²) in [5.41, 5.74) is 1.97. The molecule has 1 amide bonds. The van der Waals surface area contributed by atoms with Crippen LogP contribution in [0.4, 0.5) is 0 Å². The van der Waals surface area contributed by atoms with Crippen molar-refractivity contribution in [1.29, 1.82) is 0 Å². The van der Waals surface area contributed by atoms with Crippen molar-refractivity contribution in [2.24, 2.45) is 0 Å². The number of hydrogen-bond acceptors (Lipinski definition) is 7. The molecule has 0 bridgehead atoms. The zero-order chi connectivity index (χ0) is 29.2. The van der Waals surface area contributed by atoms with Gasteiger partial charge in [-0.2, -0.15) is 0 Å². The number of nitrogens with zero attached hydrogens (tertiary/aromatic N) is 2. The van der Waals surface area contributed by atoms with E-state index in [1.165, 1.54) is 0 Å². The number of carbonyl (C=O) groups is 2. The maximum atomic E-state index is 13.5. The van der Waals surface area contributed by atoms with Gasteiger partial charge in [0.25, 0.3) is 11.7 Å². The number of aliphatic hydroxyl groups excluding tert-OH is 1. The zero-order valence-corrected chi connectivity index (χ0v) is 24.8. The third-order valence-corrected chi connectivity index (χ3v) is 7.28. The fourth-order valence-electron chi connectivity index (χ4n) is 4.90. The number of likely N-dealkylation sites (N-methyl/N-ethyl adjacent to an activating group) is 1. The lowest BCUT2D eigenvalue weighted by atomic mass is 9.93. The van der Waals surface area contributed by atoms with E-state index in [-0.39, 0.29) is 11.3 Å². The van der Waals surface area contributed by atoms with E-state index in [1.54, 1.807) is 36.3 Å². The van der Waals surface area contributed by atoms with Crippen molar-refractivity contribution in [3.8, 4) is 17.2 Å². The molecule has 1 saturated heterocycles. The Labute approximate surface area is 238 Å².